The van der Waals surface area contributed by atoms with Crippen molar-refractivity contribution < 1.29 is 23.7 Å². The van der Waals surface area contributed by atoms with E-state index in [0.29, 0.717) is 42.8 Å². The second-order valence-corrected chi connectivity index (χ2v) is 6.67. The second-order valence-electron chi connectivity index (χ2n) is 6.67. The van der Waals surface area contributed by atoms with Crippen molar-refractivity contribution in [2.75, 3.05) is 27.4 Å². The molecule has 30 heavy (non-hydrogen) atoms. The summed E-state index contributed by atoms with van der Waals surface area (Å²) in [5, 5.41) is 0. The summed E-state index contributed by atoms with van der Waals surface area (Å²) in [5.41, 5.74) is 2.87. The Morgan fingerprint density at radius 3 is 2.57 bits per heavy atom. The maximum absolute atomic E-state index is 6.20. The lowest BCUT2D eigenvalue weighted by molar-refractivity contribution is -0.109. The number of methoxy groups -OCH3 is 2. The van der Waals surface area contributed by atoms with Crippen LogP contribution >= 0.6 is 0 Å². The lowest BCUT2D eigenvalue weighted by Crippen LogP contribution is -2.38. The van der Waals surface area contributed by atoms with Gasteiger partial charge in [-0.1, -0.05) is 30.3 Å². The molecule has 8 heteroatoms. The minimum absolute atomic E-state index is 0.00251. The van der Waals surface area contributed by atoms with Crippen molar-refractivity contribution in [1.82, 2.24) is 15.0 Å². The highest BCUT2D eigenvalue weighted by Crippen LogP contribution is 2.36. The van der Waals surface area contributed by atoms with Crippen LogP contribution in [0.2, 0.25) is 0 Å². The first-order valence-electron chi connectivity index (χ1n) is 9.56. The molecule has 0 N–H and O–H groups in total. The fourth-order valence-corrected chi connectivity index (χ4v) is 3.02. The van der Waals surface area contributed by atoms with Gasteiger partial charge in [-0.05, 0) is 11.6 Å². The van der Waals surface area contributed by atoms with Crippen molar-refractivity contribution in [3.8, 4) is 22.9 Å². The second kappa shape index (κ2) is 9.62. The van der Waals surface area contributed by atoms with Crippen molar-refractivity contribution in [1.29, 1.82) is 0 Å². The molecular formula is C22H23N3O5. The van der Waals surface area contributed by atoms with Crippen LogP contribution in [0, 0.1) is 0 Å². The molecule has 1 fully saturated rings. The third-order valence-corrected chi connectivity index (χ3v) is 4.59. The SMILES string of the molecule is COC(OC)c1nccc(-c2cncc(OC3COC3)n2)c1OCc1ccccc1. The van der Waals surface area contributed by atoms with Gasteiger partial charge in [0.05, 0.1) is 31.3 Å². The Morgan fingerprint density at radius 1 is 1.07 bits per heavy atom. The van der Waals surface area contributed by atoms with Crippen LogP contribution in [0.1, 0.15) is 17.5 Å². The van der Waals surface area contributed by atoms with Gasteiger partial charge in [0.15, 0.2) is 5.75 Å². The van der Waals surface area contributed by atoms with Crippen molar-refractivity contribution in [3.63, 3.8) is 0 Å². The van der Waals surface area contributed by atoms with E-state index in [0.717, 1.165) is 11.1 Å². The largest absolute Gasteiger partial charge is 0.486 e. The zero-order valence-electron chi connectivity index (χ0n) is 16.9. The van der Waals surface area contributed by atoms with Crippen LogP contribution in [0.3, 0.4) is 0 Å². The number of pyridine rings is 1. The van der Waals surface area contributed by atoms with E-state index in [4.69, 9.17) is 23.7 Å². The van der Waals surface area contributed by atoms with Gasteiger partial charge in [-0.3, -0.25) is 9.97 Å². The first kappa shape index (κ1) is 20.2. The smallest absolute Gasteiger partial charge is 0.233 e. The molecule has 0 amide bonds. The minimum Gasteiger partial charge on any atom is -0.486 e. The molecule has 4 rings (SSSR count). The van der Waals surface area contributed by atoms with Crippen LogP contribution in [0.5, 0.6) is 11.6 Å². The molecule has 1 aliphatic heterocycles. The van der Waals surface area contributed by atoms with E-state index in [1.807, 2.05) is 36.4 Å². The van der Waals surface area contributed by atoms with Gasteiger partial charge in [0, 0.05) is 26.0 Å². The summed E-state index contributed by atoms with van der Waals surface area (Å²) in [5.74, 6) is 0.955. The zero-order chi connectivity index (χ0) is 20.8. The summed E-state index contributed by atoms with van der Waals surface area (Å²) >= 11 is 0. The van der Waals surface area contributed by atoms with Crippen LogP contribution in [-0.4, -0.2) is 48.5 Å². The van der Waals surface area contributed by atoms with Crippen molar-refractivity contribution in [2.24, 2.45) is 0 Å². The highest BCUT2D eigenvalue weighted by atomic mass is 16.7. The summed E-state index contributed by atoms with van der Waals surface area (Å²) in [6.45, 7) is 1.47. The maximum Gasteiger partial charge on any atom is 0.233 e. The quantitative estimate of drug-likeness (QED) is 0.498. The third-order valence-electron chi connectivity index (χ3n) is 4.59. The zero-order valence-corrected chi connectivity index (χ0v) is 16.9. The molecule has 8 nitrogen and oxygen atoms in total. The molecule has 0 atom stereocenters. The highest BCUT2D eigenvalue weighted by molar-refractivity contribution is 5.68. The van der Waals surface area contributed by atoms with Gasteiger partial charge in [0.1, 0.15) is 18.4 Å². The average molecular weight is 409 g/mol. The van der Waals surface area contributed by atoms with E-state index < -0.39 is 6.29 Å². The van der Waals surface area contributed by atoms with Crippen LogP contribution in [0.25, 0.3) is 11.3 Å². The Kier molecular flexibility index (Phi) is 6.48. The fraction of sp³-hybridized carbons (Fsp3) is 0.318. The molecular weight excluding hydrogens is 386 g/mol. The Morgan fingerprint density at radius 2 is 1.87 bits per heavy atom. The third kappa shape index (κ3) is 4.56. The Hall–Kier alpha value is -3.07. The monoisotopic (exact) mass is 409 g/mol. The van der Waals surface area contributed by atoms with Crippen molar-refractivity contribution in [2.45, 2.75) is 19.0 Å². The summed E-state index contributed by atoms with van der Waals surface area (Å²) in [7, 11) is 3.11. The van der Waals surface area contributed by atoms with Crippen LogP contribution in [0.4, 0.5) is 0 Å². The molecule has 1 saturated heterocycles. The number of nitrogens with zero attached hydrogens (tertiary/aromatic N) is 3. The molecule has 0 bridgehead atoms. The highest BCUT2D eigenvalue weighted by Gasteiger charge is 2.24. The van der Waals surface area contributed by atoms with Gasteiger partial charge in [-0.2, -0.15) is 0 Å². The normalized spacial score (nSPS) is 13.8. The topological polar surface area (TPSA) is 84.8 Å². The van der Waals surface area contributed by atoms with Gasteiger partial charge in [0.2, 0.25) is 12.2 Å². The summed E-state index contributed by atoms with van der Waals surface area (Å²) in [6, 6.07) is 11.7. The number of rotatable bonds is 9. The van der Waals surface area contributed by atoms with Gasteiger partial charge in [-0.15, -0.1) is 0 Å². The van der Waals surface area contributed by atoms with Crippen LogP contribution in [0.15, 0.2) is 55.0 Å². The Labute approximate surface area is 174 Å². The van der Waals surface area contributed by atoms with Crippen LogP contribution in [-0.2, 0) is 20.8 Å². The van der Waals surface area contributed by atoms with E-state index in [-0.39, 0.29) is 6.10 Å². The molecule has 3 aromatic rings. The van der Waals surface area contributed by atoms with Crippen molar-refractivity contribution >= 4 is 0 Å². The van der Waals surface area contributed by atoms with Gasteiger partial charge in [0.25, 0.3) is 0 Å². The van der Waals surface area contributed by atoms with E-state index in [9.17, 15) is 0 Å². The summed E-state index contributed by atoms with van der Waals surface area (Å²) in [6.07, 6.45) is 4.23. The molecule has 1 aromatic carbocycles. The van der Waals surface area contributed by atoms with E-state index in [2.05, 4.69) is 15.0 Å². The molecule has 0 radical (unpaired) electrons. The Bertz CT molecular complexity index is 962. The summed E-state index contributed by atoms with van der Waals surface area (Å²) < 4.78 is 28.0. The lowest BCUT2D eigenvalue weighted by atomic mass is 10.1. The Balaban J connectivity index is 1.69. The number of ether oxygens (including phenoxy) is 5. The fourth-order valence-electron chi connectivity index (χ4n) is 3.02. The first-order chi connectivity index (χ1) is 14.8. The van der Waals surface area contributed by atoms with E-state index in [1.54, 1.807) is 32.8 Å². The maximum atomic E-state index is 6.20. The molecule has 2 aromatic heterocycles. The molecule has 3 heterocycles. The van der Waals surface area contributed by atoms with E-state index >= 15 is 0 Å². The lowest BCUT2D eigenvalue weighted by Gasteiger charge is -2.26. The molecule has 0 aliphatic carbocycles. The molecule has 156 valence electrons. The predicted molar refractivity (Wildman–Crippen MR) is 108 cm³/mol. The number of hydrogen-bond donors (Lipinski definition) is 0. The van der Waals surface area contributed by atoms with Gasteiger partial charge >= 0.3 is 0 Å². The van der Waals surface area contributed by atoms with E-state index in [1.165, 1.54) is 0 Å². The number of hydrogen-bond acceptors (Lipinski definition) is 8. The molecule has 0 spiro atoms. The minimum atomic E-state index is -0.685. The van der Waals surface area contributed by atoms with Crippen molar-refractivity contribution in [3.05, 3.63) is 66.2 Å². The van der Waals surface area contributed by atoms with Gasteiger partial charge < -0.3 is 23.7 Å². The molecule has 0 saturated carbocycles. The standard InChI is InChI=1S/C22H23N3O5/c1-26-22(27-2)20-21(29-12-15-6-4-3-5-7-15)17(8-9-24-20)18-10-23-11-19(25-18)30-16-13-28-14-16/h3-11,16,22H,12-14H2,1-2H3. The average Bonchev–Trinajstić information content (AvgIpc) is 2.77. The van der Waals surface area contributed by atoms with Crippen LogP contribution < -0.4 is 9.47 Å². The first-order valence-corrected chi connectivity index (χ1v) is 9.56. The molecule has 0 unspecified atom stereocenters. The predicted octanol–water partition coefficient (Wildman–Crippen LogP) is 3.19. The van der Waals surface area contributed by atoms with Gasteiger partial charge in [-0.25, -0.2) is 4.98 Å². The number of benzene rings is 1. The summed E-state index contributed by atoms with van der Waals surface area (Å²) in [4.78, 5) is 13.3. The molecule has 1 aliphatic rings. The number of aromatic nitrogens is 3.